The van der Waals surface area contributed by atoms with Crippen LogP contribution < -0.4 is 0 Å². The maximum Gasteiger partial charge on any atom is 0.257 e. The lowest BCUT2D eigenvalue weighted by Gasteiger charge is -2.28. The Labute approximate surface area is 113 Å². The summed E-state index contributed by atoms with van der Waals surface area (Å²) in [5.41, 5.74) is 1.26. The highest BCUT2D eigenvalue weighted by Crippen LogP contribution is 2.19. The zero-order valence-electron chi connectivity index (χ0n) is 9.25. The molecule has 3 nitrogen and oxygen atoms in total. The van der Waals surface area contributed by atoms with Crippen LogP contribution in [0.4, 0.5) is 4.39 Å². The summed E-state index contributed by atoms with van der Waals surface area (Å²) in [5.74, 6) is -0.780. The molecule has 90 valence electrons. The van der Waals surface area contributed by atoms with E-state index >= 15 is 0 Å². The zero-order valence-corrected chi connectivity index (χ0v) is 11.4. The largest absolute Gasteiger partial charge is 0.338 e. The van der Waals surface area contributed by atoms with Crippen LogP contribution in [0, 0.1) is 9.52 Å². The Morgan fingerprint density at radius 2 is 2.12 bits per heavy atom. The van der Waals surface area contributed by atoms with Crippen LogP contribution in [0.5, 0.6) is 0 Å². The number of piperidine rings is 1. The standard InChI is InChI=1S/C12H12FIN2O/c1-8-3-6-16(7-4-8)12(17)9-2-5-15-11(14)10(9)13/h2,5H,1,3-4,6-7H2. The molecule has 0 aliphatic carbocycles. The van der Waals surface area contributed by atoms with Crippen molar-refractivity contribution in [3.05, 3.63) is 39.5 Å². The van der Waals surface area contributed by atoms with Crippen molar-refractivity contribution in [3.8, 4) is 0 Å². The summed E-state index contributed by atoms with van der Waals surface area (Å²) in [7, 11) is 0. The number of carbonyl (C=O) groups excluding carboxylic acids is 1. The van der Waals surface area contributed by atoms with E-state index in [-0.39, 0.29) is 15.2 Å². The van der Waals surface area contributed by atoms with Crippen molar-refractivity contribution in [1.82, 2.24) is 9.88 Å². The maximum atomic E-state index is 13.7. The fourth-order valence-electron chi connectivity index (χ4n) is 1.78. The second-order valence-corrected chi connectivity index (χ2v) is 5.03. The lowest BCUT2D eigenvalue weighted by molar-refractivity contribution is 0.0738. The van der Waals surface area contributed by atoms with Crippen LogP contribution in [0.15, 0.2) is 24.4 Å². The van der Waals surface area contributed by atoms with Crippen molar-refractivity contribution in [2.75, 3.05) is 13.1 Å². The van der Waals surface area contributed by atoms with E-state index < -0.39 is 5.82 Å². The molecule has 0 N–H and O–H groups in total. The molecule has 1 aromatic rings. The first-order valence-corrected chi connectivity index (χ1v) is 6.43. The quantitative estimate of drug-likeness (QED) is 0.445. The van der Waals surface area contributed by atoms with E-state index in [1.807, 2.05) is 0 Å². The molecule has 1 aliphatic heterocycles. The van der Waals surface area contributed by atoms with Crippen LogP contribution in [0.2, 0.25) is 0 Å². The first-order chi connectivity index (χ1) is 8.09. The van der Waals surface area contributed by atoms with Gasteiger partial charge in [-0.05, 0) is 41.5 Å². The third kappa shape index (κ3) is 2.65. The lowest BCUT2D eigenvalue weighted by atomic mass is 10.1. The van der Waals surface area contributed by atoms with Gasteiger partial charge in [0.15, 0.2) is 5.82 Å². The van der Waals surface area contributed by atoms with Gasteiger partial charge in [-0.2, -0.15) is 0 Å². The van der Waals surface area contributed by atoms with Crippen molar-refractivity contribution >= 4 is 28.5 Å². The van der Waals surface area contributed by atoms with Crippen LogP contribution in [-0.4, -0.2) is 28.9 Å². The van der Waals surface area contributed by atoms with E-state index in [1.165, 1.54) is 12.3 Å². The van der Waals surface area contributed by atoms with Crippen molar-refractivity contribution < 1.29 is 9.18 Å². The molecule has 0 spiro atoms. The molecule has 17 heavy (non-hydrogen) atoms. The first-order valence-electron chi connectivity index (χ1n) is 5.35. The molecule has 1 fully saturated rings. The average Bonchev–Trinajstić information content (AvgIpc) is 2.33. The van der Waals surface area contributed by atoms with Crippen molar-refractivity contribution in [3.63, 3.8) is 0 Å². The molecule has 2 heterocycles. The van der Waals surface area contributed by atoms with Crippen molar-refractivity contribution in [1.29, 1.82) is 0 Å². The summed E-state index contributed by atoms with van der Waals surface area (Å²) in [6.45, 7) is 5.13. The topological polar surface area (TPSA) is 33.2 Å². The Morgan fingerprint density at radius 3 is 2.76 bits per heavy atom. The van der Waals surface area contributed by atoms with Crippen LogP contribution in [0.25, 0.3) is 0 Å². The number of hydrogen-bond donors (Lipinski definition) is 0. The first kappa shape index (κ1) is 12.5. The number of amides is 1. The number of rotatable bonds is 1. The fourth-order valence-corrected chi connectivity index (χ4v) is 2.23. The lowest BCUT2D eigenvalue weighted by Crippen LogP contribution is -2.36. The minimum Gasteiger partial charge on any atom is -0.338 e. The van der Waals surface area contributed by atoms with Gasteiger partial charge in [-0.25, -0.2) is 9.37 Å². The Bertz CT molecular complexity index is 466. The van der Waals surface area contributed by atoms with Crippen molar-refractivity contribution in [2.45, 2.75) is 12.8 Å². The zero-order chi connectivity index (χ0) is 12.4. The SMILES string of the molecule is C=C1CCN(C(=O)c2ccnc(I)c2F)CC1. The van der Waals surface area contributed by atoms with Gasteiger partial charge in [0.25, 0.3) is 5.91 Å². The van der Waals surface area contributed by atoms with Gasteiger partial charge in [0.05, 0.1) is 5.56 Å². The highest BCUT2D eigenvalue weighted by Gasteiger charge is 2.23. The third-order valence-electron chi connectivity index (χ3n) is 2.83. The summed E-state index contributed by atoms with van der Waals surface area (Å²) in [6.07, 6.45) is 3.06. The number of carbonyl (C=O) groups is 1. The van der Waals surface area contributed by atoms with Crippen LogP contribution in [0.1, 0.15) is 23.2 Å². The smallest absolute Gasteiger partial charge is 0.257 e. The van der Waals surface area contributed by atoms with E-state index in [0.717, 1.165) is 18.4 Å². The molecule has 1 amide bonds. The minimum atomic E-state index is -0.525. The number of nitrogens with zero attached hydrogens (tertiary/aromatic N) is 2. The fraction of sp³-hybridized carbons (Fsp3) is 0.333. The average molecular weight is 346 g/mol. The van der Waals surface area contributed by atoms with E-state index in [9.17, 15) is 9.18 Å². The minimum absolute atomic E-state index is 0.108. The maximum absolute atomic E-state index is 13.7. The number of halogens is 2. The molecule has 1 aliphatic rings. The Balaban J connectivity index is 2.20. The molecule has 0 unspecified atom stereocenters. The van der Waals surface area contributed by atoms with Gasteiger partial charge in [-0.15, -0.1) is 0 Å². The predicted octanol–water partition coefficient (Wildman–Crippen LogP) is 2.62. The summed E-state index contributed by atoms with van der Waals surface area (Å²) < 4.78 is 14.0. The van der Waals surface area contributed by atoms with Gasteiger partial charge < -0.3 is 4.90 Å². The number of likely N-dealkylation sites (tertiary alicyclic amines) is 1. The van der Waals surface area contributed by atoms with Crippen LogP contribution in [-0.2, 0) is 0 Å². The van der Waals surface area contributed by atoms with E-state index in [4.69, 9.17) is 0 Å². The molecular weight excluding hydrogens is 334 g/mol. The Morgan fingerprint density at radius 1 is 1.47 bits per heavy atom. The molecule has 0 atom stereocenters. The van der Waals surface area contributed by atoms with Crippen LogP contribution in [0.3, 0.4) is 0 Å². The second kappa shape index (κ2) is 5.12. The van der Waals surface area contributed by atoms with Crippen LogP contribution >= 0.6 is 22.6 Å². The van der Waals surface area contributed by atoms with Gasteiger partial charge in [-0.3, -0.25) is 4.79 Å². The van der Waals surface area contributed by atoms with Gasteiger partial charge >= 0.3 is 0 Å². The summed E-state index contributed by atoms with van der Waals surface area (Å²) >= 11 is 1.79. The van der Waals surface area contributed by atoms with Gasteiger partial charge in [-0.1, -0.05) is 12.2 Å². The number of hydrogen-bond acceptors (Lipinski definition) is 2. The molecule has 1 aromatic heterocycles. The van der Waals surface area contributed by atoms with Gasteiger partial charge in [0.2, 0.25) is 0 Å². The highest BCUT2D eigenvalue weighted by atomic mass is 127. The molecule has 0 bridgehead atoms. The number of pyridine rings is 1. The summed E-state index contributed by atoms with van der Waals surface area (Å²) in [6, 6.07) is 1.43. The Hall–Kier alpha value is -0.980. The van der Waals surface area contributed by atoms with E-state index in [0.29, 0.717) is 13.1 Å². The van der Waals surface area contributed by atoms with E-state index in [2.05, 4.69) is 11.6 Å². The monoisotopic (exact) mass is 346 g/mol. The van der Waals surface area contributed by atoms with Crippen molar-refractivity contribution in [2.24, 2.45) is 0 Å². The molecule has 0 radical (unpaired) electrons. The summed E-state index contributed by atoms with van der Waals surface area (Å²) in [4.78, 5) is 17.6. The molecular formula is C12H12FIN2O. The van der Waals surface area contributed by atoms with Gasteiger partial charge in [0, 0.05) is 19.3 Å². The molecule has 1 saturated heterocycles. The third-order valence-corrected chi connectivity index (χ3v) is 3.59. The normalized spacial score (nSPS) is 16.1. The molecule has 2 rings (SSSR count). The number of aromatic nitrogens is 1. The van der Waals surface area contributed by atoms with E-state index in [1.54, 1.807) is 27.5 Å². The van der Waals surface area contributed by atoms with Gasteiger partial charge in [0.1, 0.15) is 3.70 Å². The molecule has 5 heteroatoms. The molecule has 0 saturated carbocycles. The molecule has 0 aromatic carbocycles. The summed E-state index contributed by atoms with van der Waals surface area (Å²) in [5, 5.41) is 0. The highest BCUT2D eigenvalue weighted by molar-refractivity contribution is 14.1. The second-order valence-electron chi connectivity index (χ2n) is 4.01. The Kier molecular flexibility index (Phi) is 3.76. The predicted molar refractivity (Wildman–Crippen MR) is 71.2 cm³/mol.